The highest BCUT2D eigenvalue weighted by atomic mass is 19.4. The first-order valence-electron chi connectivity index (χ1n) is 9.06. The zero-order valence-corrected chi connectivity index (χ0v) is 15.2. The average molecular weight is 393 g/mol. The van der Waals surface area contributed by atoms with Gasteiger partial charge in [-0.1, -0.05) is 6.07 Å². The lowest BCUT2D eigenvalue weighted by Gasteiger charge is -2.33. The van der Waals surface area contributed by atoms with Crippen molar-refractivity contribution in [1.82, 2.24) is 24.5 Å². The van der Waals surface area contributed by atoms with E-state index in [4.69, 9.17) is 0 Å². The van der Waals surface area contributed by atoms with Gasteiger partial charge in [0.2, 0.25) is 0 Å². The summed E-state index contributed by atoms with van der Waals surface area (Å²) in [6.07, 6.45) is -1.23. The van der Waals surface area contributed by atoms with E-state index in [1.807, 2.05) is 13.0 Å². The number of fused-ring (bicyclic) bond motifs is 1. The van der Waals surface area contributed by atoms with Crippen molar-refractivity contribution in [3.05, 3.63) is 58.9 Å². The Kier molecular flexibility index (Phi) is 4.78. The Morgan fingerprint density at radius 3 is 2.79 bits per heavy atom. The highest BCUT2D eigenvalue weighted by Crippen LogP contribution is 2.32. The van der Waals surface area contributed by atoms with E-state index in [0.717, 1.165) is 36.8 Å². The Labute approximate surface area is 159 Å². The maximum absolute atomic E-state index is 14.2. The molecule has 1 unspecified atom stereocenters. The number of halogens is 4. The second kappa shape index (κ2) is 7.12. The van der Waals surface area contributed by atoms with Crippen LogP contribution in [0.4, 0.5) is 17.6 Å². The lowest BCUT2D eigenvalue weighted by Crippen LogP contribution is -2.35. The summed E-state index contributed by atoms with van der Waals surface area (Å²) in [4.78, 5) is 10.6. The molecule has 3 aromatic rings. The molecule has 1 saturated heterocycles. The third-order valence-corrected chi connectivity index (χ3v) is 5.11. The van der Waals surface area contributed by atoms with Gasteiger partial charge < -0.3 is 0 Å². The van der Waals surface area contributed by atoms with Crippen LogP contribution in [0.2, 0.25) is 0 Å². The minimum Gasteiger partial charge on any atom is -0.298 e. The number of hydrogen-bond donors (Lipinski definition) is 0. The molecule has 0 aliphatic carbocycles. The Morgan fingerprint density at radius 2 is 2.04 bits per heavy atom. The van der Waals surface area contributed by atoms with Gasteiger partial charge in [0.1, 0.15) is 12.1 Å². The fourth-order valence-corrected chi connectivity index (χ4v) is 3.78. The normalized spacial score (nSPS) is 18.7. The molecule has 1 aliphatic rings. The van der Waals surface area contributed by atoms with E-state index in [9.17, 15) is 17.6 Å². The van der Waals surface area contributed by atoms with Crippen molar-refractivity contribution in [2.75, 3.05) is 13.1 Å². The van der Waals surface area contributed by atoms with Crippen LogP contribution in [-0.4, -0.2) is 37.6 Å². The number of aromatic nitrogens is 4. The largest absolute Gasteiger partial charge is 0.416 e. The molecule has 0 N–H and O–H groups in total. The highest BCUT2D eigenvalue weighted by Gasteiger charge is 2.31. The van der Waals surface area contributed by atoms with Crippen LogP contribution in [0.5, 0.6) is 0 Å². The molecule has 0 saturated carbocycles. The number of piperidine rings is 1. The molecule has 4 rings (SSSR count). The molecular formula is C19H19F4N5. The van der Waals surface area contributed by atoms with Crippen LogP contribution in [0.25, 0.3) is 5.78 Å². The van der Waals surface area contributed by atoms with E-state index in [1.54, 1.807) is 4.52 Å². The minimum absolute atomic E-state index is 0.164. The monoisotopic (exact) mass is 393 g/mol. The van der Waals surface area contributed by atoms with Crippen molar-refractivity contribution < 1.29 is 17.6 Å². The fourth-order valence-electron chi connectivity index (χ4n) is 3.78. The molecule has 0 spiro atoms. The molecule has 9 heteroatoms. The molecule has 148 valence electrons. The number of hydrogen-bond acceptors (Lipinski definition) is 4. The first-order valence-corrected chi connectivity index (χ1v) is 9.06. The van der Waals surface area contributed by atoms with Gasteiger partial charge in [-0.25, -0.2) is 13.9 Å². The molecule has 5 nitrogen and oxygen atoms in total. The van der Waals surface area contributed by atoms with Crippen LogP contribution >= 0.6 is 0 Å². The average Bonchev–Trinajstić information content (AvgIpc) is 3.10. The molecule has 0 amide bonds. The van der Waals surface area contributed by atoms with Crippen molar-refractivity contribution in [3.8, 4) is 0 Å². The van der Waals surface area contributed by atoms with E-state index in [0.29, 0.717) is 18.4 Å². The molecule has 1 aromatic carbocycles. The van der Waals surface area contributed by atoms with Gasteiger partial charge in [0.25, 0.3) is 5.78 Å². The van der Waals surface area contributed by atoms with Gasteiger partial charge in [-0.15, -0.1) is 0 Å². The first-order chi connectivity index (χ1) is 13.3. The molecule has 2 aromatic heterocycles. The summed E-state index contributed by atoms with van der Waals surface area (Å²) in [7, 11) is 0. The SMILES string of the molecule is Cc1cc(C2CCCN(Cc3ccc(C(F)(F)F)cc3F)C2)n2ncnc2n1. The summed E-state index contributed by atoms with van der Waals surface area (Å²) in [6.45, 7) is 3.60. The second-order valence-electron chi connectivity index (χ2n) is 7.17. The lowest BCUT2D eigenvalue weighted by atomic mass is 9.93. The molecule has 0 bridgehead atoms. The molecular weight excluding hydrogens is 374 g/mol. The van der Waals surface area contributed by atoms with Gasteiger partial charge in [0.05, 0.1) is 11.3 Å². The van der Waals surface area contributed by atoms with Crippen molar-refractivity contribution in [3.63, 3.8) is 0 Å². The fraction of sp³-hybridized carbons (Fsp3) is 0.421. The smallest absolute Gasteiger partial charge is 0.298 e. The Bertz CT molecular complexity index is 998. The van der Waals surface area contributed by atoms with E-state index in [1.165, 1.54) is 12.4 Å². The third-order valence-electron chi connectivity index (χ3n) is 5.11. The lowest BCUT2D eigenvalue weighted by molar-refractivity contribution is -0.137. The van der Waals surface area contributed by atoms with Crippen molar-refractivity contribution in [1.29, 1.82) is 0 Å². The van der Waals surface area contributed by atoms with Crippen molar-refractivity contribution >= 4 is 5.78 Å². The van der Waals surface area contributed by atoms with Crippen LogP contribution in [0, 0.1) is 12.7 Å². The van der Waals surface area contributed by atoms with Gasteiger partial charge in [-0.05, 0) is 44.5 Å². The Balaban J connectivity index is 1.54. The van der Waals surface area contributed by atoms with Crippen LogP contribution in [0.1, 0.15) is 41.3 Å². The van der Waals surface area contributed by atoms with Gasteiger partial charge in [-0.3, -0.25) is 4.90 Å². The summed E-state index contributed by atoms with van der Waals surface area (Å²) in [5, 5.41) is 4.25. The van der Waals surface area contributed by atoms with E-state index < -0.39 is 17.6 Å². The topological polar surface area (TPSA) is 46.3 Å². The first kappa shape index (κ1) is 18.8. The summed E-state index contributed by atoms with van der Waals surface area (Å²) in [5.41, 5.74) is 1.15. The van der Waals surface area contributed by atoms with Gasteiger partial charge >= 0.3 is 6.18 Å². The number of rotatable bonds is 3. The van der Waals surface area contributed by atoms with Crippen LogP contribution in [-0.2, 0) is 12.7 Å². The standard InChI is InChI=1S/C19H19F4N5/c1-12-7-17(28-18(26-12)24-11-25-28)14-3-2-6-27(10-14)9-13-4-5-15(8-16(13)20)19(21,22)23/h4-5,7-8,11,14H,2-3,6,9-10H2,1H3. The highest BCUT2D eigenvalue weighted by molar-refractivity contribution is 5.32. The van der Waals surface area contributed by atoms with Gasteiger partial charge in [0, 0.05) is 30.3 Å². The van der Waals surface area contributed by atoms with Gasteiger partial charge in [0.15, 0.2) is 0 Å². The molecule has 1 aliphatic heterocycles. The zero-order valence-electron chi connectivity index (χ0n) is 15.2. The summed E-state index contributed by atoms with van der Waals surface area (Å²) in [6, 6.07) is 4.72. The van der Waals surface area contributed by atoms with Crippen LogP contribution in [0.3, 0.4) is 0 Å². The molecule has 3 heterocycles. The molecule has 1 atom stereocenters. The summed E-state index contributed by atoms with van der Waals surface area (Å²) >= 11 is 0. The minimum atomic E-state index is -4.54. The molecule has 0 radical (unpaired) electrons. The maximum Gasteiger partial charge on any atom is 0.416 e. The predicted octanol–water partition coefficient (Wildman–Crippen LogP) is 3.97. The number of alkyl halides is 3. The quantitative estimate of drug-likeness (QED) is 0.632. The summed E-state index contributed by atoms with van der Waals surface area (Å²) in [5.74, 6) is -0.117. The third kappa shape index (κ3) is 3.71. The van der Waals surface area contributed by atoms with E-state index in [2.05, 4.69) is 20.0 Å². The van der Waals surface area contributed by atoms with E-state index >= 15 is 0 Å². The second-order valence-corrected chi connectivity index (χ2v) is 7.17. The number of likely N-dealkylation sites (tertiary alicyclic amines) is 1. The van der Waals surface area contributed by atoms with Crippen molar-refractivity contribution in [2.24, 2.45) is 0 Å². The Morgan fingerprint density at radius 1 is 1.21 bits per heavy atom. The van der Waals surface area contributed by atoms with Crippen LogP contribution in [0.15, 0.2) is 30.6 Å². The van der Waals surface area contributed by atoms with E-state index in [-0.39, 0.29) is 18.0 Å². The predicted molar refractivity (Wildman–Crippen MR) is 94.2 cm³/mol. The molecule has 1 fully saturated rings. The number of aryl methyl sites for hydroxylation is 1. The maximum atomic E-state index is 14.2. The number of benzene rings is 1. The van der Waals surface area contributed by atoms with Gasteiger partial charge in [-0.2, -0.15) is 23.3 Å². The zero-order chi connectivity index (χ0) is 19.9. The Hall–Kier alpha value is -2.55. The number of nitrogens with zero attached hydrogens (tertiary/aromatic N) is 5. The van der Waals surface area contributed by atoms with Crippen LogP contribution < -0.4 is 0 Å². The summed E-state index contributed by atoms with van der Waals surface area (Å²) < 4.78 is 54.1. The molecule has 28 heavy (non-hydrogen) atoms. The van der Waals surface area contributed by atoms with Crippen molar-refractivity contribution in [2.45, 2.75) is 38.4 Å².